The number of amides is 1. The second-order valence-electron chi connectivity index (χ2n) is 5.49. The molecular formula is C18H18N2O5. The summed E-state index contributed by atoms with van der Waals surface area (Å²) in [4.78, 5) is 36.0. The number of likely N-dealkylation sites (N-methyl/N-ethyl adjacent to an activating group) is 1. The van der Waals surface area contributed by atoms with Gasteiger partial charge in [-0.3, -0.25) is 14.9 Å². The number of carbonyl (C=O) groups excluding carboxylic acids is 1. The number of nitro benzene ring substituents is 1. The molecule has 1 amide bonds. The maximum atomic E-state index is 12.6. The minimum atomic E-state index is -1.18. The van der Waals surface area contributed by atoms with E-state index in [0.717, 1.165) is 11.6 Å². The molecule has 0 aliphatic carbocycles. The number of benzene rings is 2. The molecule has 25 heavy (non-hydrogen) atoms. The molecular weight excluding hydrogens is 324 g/mol. The maximum Gasteiger partial charge on any atom is 0.336 e. The molecule has 0 bridgehead atoms. The van der Waals surface area contributed by atoms with Gasteiger partial charge in [-0.1, -0.05) is 37.3 Å². The van der Waals surface area contributed by atoms with Crippen LogP contribution in [-0.4, -0.2) is 29.0 Å². The molecule has 1 N–H and O–H groups in total. The number of carbonyl (C=O) groups is 2. The van der Waals surface area contributed by atoms with Crippen LogP contribution in [0.4, 0.5) is 11.4 Å². The largest absolute Gasteiger partial charge is 0.478 e. The summed E-state index contributed by atoms with van der Waals surface area (Å²) in [6.07, 6.45) is 0.316. The van der Waals surface area contributed by atoms with Crippen molar-refractivity contribution in [1.82, 2.24) is 0 Å². The van der Waals surface area contributed by atoms with Gasteiger partial charge in [0.1, 0.15) is 5.69 Å². The lowest BCUT2D eigenvalue weighted by molar-refractivity contribution is -0.384. The summed E-state index contributed by atoms with van der Waals surface area (Å²) in [6.45, 7) is 1.70. The van der Waals surface area contributed by atoms with Gasteiger partial charge < -0.3 is 10.0 Å². The first-order valence-electron chi connectivity index (χ1n) is 7.70. The van der Waals surface area contributed by atoms with Gasteiger partial charge in [-0.15, -0.1) is 0 Å². The Hall–Kier alpha value is -3.22. The fourth-order valence-electron chi connectivity index (χ4n) is 2.72. The van der Waals surface area contributed by atoms with Gasteiger partial charge in [0, 0.05) is 13.1 Å². The van der Waals surface area contributed by atoms with Crippen molar-refractivity contribution in [2.24, 2.45) is 0 Å². The molecule has 7 nitrogen and oxygen atoms in total. The van der Waals surface area contributed by atoms with E-state index in [0.29, 0.717) is 0 Å². The number of aromatic carboxylic acids is 1. The number of anilines is 1. The van der Waals surface area contributed by atoms with Gasteiger partial charge in [-0.25, -0.2) is 4.79 Å². The summed E-state index contributed by atoms with van der Waals surface area (Å²) in [7, 11) is 1.43. The predicted octanol–water partition coefficient (Wildman–Crippen LogP) is 3.06. The molecule has 2 aromatic carbocycles. The first kappa shape index (κ1) is 18.1. The molecule has 0 aromatic heterocycles. The number of hydrogen-bond donors (Lipinski definition) is 1. The highest BCUT2D eigenvalue weighted by atomic mass is 16.6. The van der Waals surface area contributed by atoms with Gasteiger partial charge >= 0.3 is 5.97 Å². The highest BCUT2D eigenvalue weighted by molar-refractivity contribution is 6.00. The Labute approximate surface area is 144 Å². The molecule has 7 heteroatoms. The zero-order chi connectivity index (χ0) is 18.6. The second kappa shape index (κ2) is 7.57. The zero-order valence-electron chi connectivity index (χ0n) is 13.9. The van der Waals surface area contributed by atoms with Gasteiger partial charge in [0.05, 0.1) is 16.9 Å². The molecule has 0 fully saturated rings. The number of nitrogens with zero attached hydrogens (tertiary/aromatic N) is 2. The quantitative estimate of drug-likeness (QED) is 0.642. The van der Waals surface area contributed by atoms with Gasteiger partial charge in [0.2, 0.25) is 5.91 Å². The minimum Gasteiger partial charge on any atom is -0.478 e. The smallest absolute Gasteiger partial charge is 0.336 e. The fraction of sp³-hybridized carbons (Fsp3) is 0.222. The van der Waals surface area contributed by atoms with Crippen LogP contribution in [0.3, 0.4) is 0 Å². The van der Waals surface area contributed by atoms with Crippen LogP contribution in [0, 0.1) is 10.1 Å². The Morgan fingerprint density at radius 1 is 1.16 bits per heavy atom. The Balaban J connectivity index is 2.50. The lowest BCUT2D eigenvalue weighted by atomic mass is 10.00. The van der Waals surface area contributed by atoms with Crippen molar-refractivity contribution >= 4 is 23.3 Å². The van der Waals surface area contributed by atoms with Gasteiger partial charge in [-0.2, -0.15) is 0 Å². The Morgan fingerprint density at radius 3 is 2.32 bits per heavy atom. The predicted molar refractivity (Wildman–Crippen MR) is 93.0 cm³/mol. The van der Waals surface area contributed by atoms with E-state index in [-0.39, 0.29) is 41.3 Å². The van der Waals surface area contributed by atoms with Crippen molar-refractivity contribution in [2.75, 3.05) is 11.9 Å². The van der Waals surface area contributed by atoms with E-state index in [1.165, 1.54) is 18.0 Å². The number of carboxylic acid groups (broad SMARTS) is 1. The number of hydrogen-bond acceptors (Lipinski definition) is 4. The molecule has 0 spiro atoms. The van der Waals surface area contributed by atoms with Crippen molar-refractivity contribution in [1.29, 1.82) is 0 Å². The van der Waals surface area contributed by atoms with Crippen molar-refractivity contribution < 1.29 is 19.6 Å². The SMILES string of the molecule is CCc1c(C(=O)O)ccc([N+](=O)[O-])c1N(C)C(=O)Cc1ccccc1. The number of carboxylic acids is 1. The summed E-state index contributed by atoms with van der Waals surface area (Å²) < 4.78 is 0. The average molecular weight is 342 g/mol. The van der Waals surface area contributed by atoms with E-state index in [1.54, 1.807) is 31.2 Å². The van der Waals surface area contributed by atoms with Crippen LogP contribution in [-0.2, 0) is 17.6 Å². The summed E-state index contributed by atoms with van der Waals surface area (Å²) >= 11 is 0. The third kappa shape index (κ3) is 3.82. The molecule has 0 atom stereocenters. The Bertz CT molecular complexity index is 818. The molecule has 0 heterocycles. The van der Waals surface area contributed by atoms with Gasteiger partial charge in [-0.05, 0) is 23.6 Å². The van der Waals surface area contributed by atoms with E-state index in [1.807, 2.05) is 6.07 Å². The summed E-state index contributed by atoms with van der Waals surface area (Å²) in [5.74, 6) is -1.54. The third-order valence-corrected chi connectivity index (χ3v) is 3.95. The first-order valence-corrected chi connectivity index (χ1v) is 7.70. The summed E-state index contributed by atoms with van der Waals surface area (Å²) in [5.41, 5.74) is 0.751. The summed E-state index contributed by atoms with van der Waals surface area (Å²) in [6, 6.07) is 11.3. The molecule has 0 aliphatic heterocycles. The lowest BCUT2D eigenvalue weighted by Crippen LogP contribution is -2.30. The van der Waals surface area contributed by atoms with E-state index in [2.05, 4.69) is 0 Å². The van der Waals surface area contributed by atoms with Crippen molar-refractivity contribution in [3.05, 3.63) is 69.3 Å². The van der Waals surface area contributed by atoms with Crippen LogP contribution < -0.4 is 4.90 Å². The molecule has 0 aliphatic rings. The average Bonchev–Trinajstić information content (AvgIpc) is 2.60. The first-order chi connectivity index (χ1) is 11.9. The zero-order valence-corrected chi connectivity index (χ0v) is 13.9. The van der Waals surface area contributed by atoms with E-state index in [4.69, 9.17) is 0 Å². The van der Waals surface area contributed by atoms with Gasteiger partial charge in [0.15, 0.2) is 0 Å². The van der Waals surface area contributed by atoms with Crippen LogP contribution in [0.2, 0.25) is 0 Å². The molecule has 0 saturated heterocycles. The number of nitro groups is 1. The van der Waals surface area contributed by atoms with Gasteiger partial charge in [0.25, 0.3) is 5.69 Å². The Kier molecular flexibility index (Phi) is 5.49. The van der Waals surface area contributed by atoms with Crippen LogP contribution in [0.15, 0.2) is 42.5 Å². The topological polar surface area (TPSA) is 101 Å². The fourth-order valence-corrected chi connectivity index (χ4v) is 2.72. The highest BCUT2D eigenvalue weighted by Gasteiger charge is 2.28. The molecule has 2 rings (SSSR count). The second-order valence-corrected chi connectivity index (χ2v) is 5.49. The molecule has 2 aromatic rings. The van der Waals surface area contributed by atoms with E-state index >= 15 is 0 Å². The van der Waals surface area contributed by atoms with Crippen LogP contribution in [0.5, 0.6) is 0 Å². The Morgan fingerprint density at radius 2 is 1.80 bits per heavy atom. The van der Waals surface area contributed by atoms with Crippen LogP contribution in [0.1, 0.15) is 28.4 Å². The minimum absolute atomic E-state index is 0.0355. The maximum absolute atomic E-state index is 12.6. The van der Waals surface area contributed by atoms with E-state index in [9.17, 15) is 24.8 Å². The van der Waals surface area contributed by atoms with Crippen molar-refractivity contribution in [2.45, 2.75) is 19.8 Å². The number of rotatable bonds is 6. The van der Waals surface area contributed by atoms with Crippen molar-refractivity contribution in [3.8, 4) is 0 Å². The standard InChI is InChI=1S/C18H18N2O5/c1-3-13-14(18(22)23)9-10-15(20(24)25)17(13)19(2)16(21)11-12-7-5-4-6-8-12/h4-10H,3,11H2,1-2H3,(H,22,23). The van der Waals surface area contributed by atoms with Crippen LogP contribution >= 0.6 is 0 Å². The monoisotopic (exact) mass is 342 g/mol. The van der Waals surface area contributed by atoms with E-state index < -0.39 is 10.9 Å². The van der Waals surface area contributed by atoms with Crippen LogP contribution in [0.25, 0.3) is 0 Å². The molecule has 0 unspecified atom stereocenters. The molecule has 0 saturated carbocycles. The molecule has 0 radical (unpaired) electrons. The normalized spacial score (nSPS) is 10.3. The molecule has 130 valence electrons. The van der Waals surface area contributed by atoms with Crippen molar-refractivity contribution in [3.63, 3.8) is 0 Å². The third-order valence-electron chi connectivity index (χ3n) is 3.95. The summed E-state index contributed by atoms with van der Waals surface area (Å²) in [5, 5.41) is 20.7. The lowest BCUT2D eigenvalue weighted by Gasteiger charge is -2.21. The highest BCUT2D eigenvalue weighted by Crippen LogP contribution is 2.34.